The summed E-state index contributed by atoms with van der Waals surface area (Å²) in [5, 5.41) is 0. The minimum atomic E-state index is -0.708. The van der Waals surface area contributed by atoms with Gasteiger partial charge in [0.2, 0.25) is 0 Å². The number of fused-ring (bicyclic) bond motifs is 12. The number of nitrogens with zero attached hydrogens (tertiary/aromatic N) is 1. The lowest BCUT2D eigenvalue weighted by atomic mass is 9.66. The van der Waals surface area contributed by atoms with Crippen molar-refractivity contribution in [3.8, 4) is 33.8 Å². The molecule has 3 aliphatic rings. The highest BCUT2D eigenvalue weighted by molar-refractivity contribution is 5.90. The van der Waals surface area contributed by atoms with Gasteiger partial charge in [0.05, 0.1) is 5.41 Å². The monoisotopic (exact) mass is 695 g/mol. The Labute approximate surface area is 314 Å². The van der Waals surface area contributed by atoms with Crippen molar-refractivity contribution in [3.63, 3.8) is 0 Å². The van der Waals surface area contributed by atoms with Gasteiger partial charge in [-0.2, -0.15) is 0 Å². The van der Waals surface area contributed by atoms with E-state index in [1.165, 1.54) is 27.8 Å². The predicted molar refractivity (Wildman–Crippen MR) is 216 cm³/mol. The molecule has 256 valence electrons. The maximum Gasteiger partial charge on any atom is 0.132 e. The fourth-order valence-electron chi connectivity index (χ4n) is 9.53. The van der Waals surface area contributed by atoms with Crippen LogP contribution in [0.4, 0.5) is 21.5 Å². The molecule has 54 heavy (non-hydrogen) atoms. The van der Waals surface area contributed by atoms with Gasteiger partial charge < -0.3 is 9.64 Å². The molecule has 1 spiro atoms. The summed E-state index contributed by atoms with van der Waals surface area (Å²) in [6, 6.07) is 65.9. The average Bonchev–Trinajstić information content (AvgIpc) is 3.51. The molecule has 2 nitrogen and oxygen atoms in total. The van der Waals surface area contributed by atoms with Crippen molar-refractivity contribution in [2.75, 3.05) is 4.90 Å². The van der Waals surface area contributed by atoms with E-state index in [1.54, 1.807) is 12.1 Å². The van der Waals surface area contributed by atoms with E-state index in [1.807, 2.05) is 24.3 Å². The highest BCUT2D eigenvalue weighted by atomic mass is 19.1. The van der Waals surface area contributed by atoms with Crippen LogP contribution in [-0.4, -0.2) is 0 Å². The molecule has 8 aromatic carbocycles. The van der Waals surface area contributed by atoms with E-state index < -0.39 is 5.41 Å². The highest BCUT2D eigenvalue weighted by Gasteiger charge is 2.51. The van der Waals surface area contributed by atoms with Crippen LogP contribution in [0.5, 0.6) is 11.5 Å². The topological polar surface area (TPSA) is 12.5 Å². The summed E-state index contributed by atoms with van der Waals surface area (Å²) in [5.41, 5.74) is 15.3. The molecule has 0 radical (unpaired) electrons. The Morgan fingerprint density at radius 2 is 1.11 bits per heavy atom. The lowest BCUT2D eigenvalue weighted by Gasteiger charge is -2.40. The van der Waals surface area contributed by atoms with Crippen molar-refractivity contribution < 1.29 is 9.13 Å². The lowest BCUT2D eigenvalue weighted by molar-refractivity contribution is 0.436. The molecule has 1 heterocycles. The molecule has 0 saturated heterocycles. The zero-order chi connectivity index (χ0) is 35.8. The number of rotatable bonds is 4. The molecule has 0 amide bonds. The van der Waals surface area contributed by atoms with E-state index in [9.17, 15) is 0 Å². The van der Waals surface area contributed by atoms with Gasteiger partial charge in [0.1, 0.15) is 17.3 Å². The van der Waals surface area contributed by atoms with E-state index >= 15 is 4.39 Å². The Balaban J connectivity index is 1.16. The summed E-state index contributed by atoms with van der Waals surface area (Å²) in [6.45, 7) is 0. The second kappa shape index (κ2) is 11.9. The third-order valence-corrected chi connectivity index (χ3v) is 11.8. The van der Waals surface area contributed by atoms with Gasteiger partial charge in [-0.3, -0.25) is 0 Å². The van der Waals surface area contributed by atoms with Gasteiger partial charge in [0, 0.05) is 34.1 Å². The Kier molecular flexibility index (Phi) is 6.81. The quantitative estimate of drug-likeness (QED) is 0.182. The van der Waals surface area contributed by atoms with Crippen molar-refractivity contribution in [2.45, 2.75) is 17.8 Å². The smallest absolute Gasteiger partial charge is 0.132 e. The molecule has 0 fully saturated rings. The second-order valence-electron chi connectivity index (χ2n) is 14.5. The molecule has 2 aliphatic carbocycles. The number of hydrogen-bond donors (Lipinski definition) is 0. The first-order chi connectivity index (χ1) is 26.7. The minimum Gasteiger partial charge on any atom is -0.457 e. The van der Waals surface area contributed by atoms with Crippen LogP contribution >= 0.6 is 0 Å². The second-order valence-corrected chi connectivity index (χ2v) is 14.5. The van der Waals surface area contributed by atoms with Crippen LogP contribution in [0.2, 0.25) is 0 Å². The molecule has 2 atom stereocenters. The highest BCUT2D eigenvalue weighted by Crippen LogP contribution is 2.62. The molecule has 0 bridgehead atoms. The molecule has 11 rings (SSSR count). The molecule has 0 aromatic heterocycles. The molecular weight excluding hydrogens is 662 g/mol. The van der Waals surface area contributed by atoms with Gasteiger partial charge in [-0.15, -0.1) is 0 Å². The maximum absolute atomic E-state index is 15.1. The largest absolute Gasteiger partial charge is 0.457 e. The van der Waals surface area contributed by atoms with Gasteiger partial charge in [-0.1, -0.05) is 127 Å². The van der Waals surface area contributed by atoms with Crippen LogP contribution in [0.25, 0.3) is 22.3 Å². The maximum atomic E-state index is 15.1. The summed E-state index contributed by atoms with van der Waals surface area (Å²) in [5.74, 6) is 1.58. The molecule has 0 saturated carbocycles. The van der Waals surface area contributed by atoms with Gasteiger partial charge >= 0.3 is 0 Å². The first-order valence-electron chi connectivity index (χ1n) is 18.6. The SMILES string of the molecule is Fc1ccc2c(c1)-c1ccccc1C21c2ccccc2Oc2ccc(N(c3ccccc3)c3ccc4c(c3)C(c3ccccc3)Cc3ccccc3-4)cc21. The summed E-state index contributed by atoms with van der Waals surface area (Å²) in [7, 11) is 0. The van der Waals surface area contributed by atoms with E-state index in [4.69, 9.17) is 4.74 Å². The Morgan fingerprint density at radius 1 is 0.463 bits per heavy atom. The average molecular weight is 696 g/mol. The Bertz CT molecular complexity index is 2760. The third-order valence-electron chi connectivity index (χ3n) is 11.8. The number of para-hydroxylation sites is 2. The molecular formula is C51H34FNO. The lowest BCUT2D eigenvalue weighted by Crippen LogP contribution is -2.32. The molecule has 2 unspecified atom stereocenters. The van der Waals surface area contributed by atoms with Crippen LogP contribution in [-0.2, 0) is 11.8 Å². The van der Waals surface area contributed by atoms with E-state index in [-0.39, 0.29) is 11.7 Å². The zero-order valence-electron chi connectivity index (χ0n) is 29.4. The standard InChI is InChI=1S/C51H34FNO/c52-35-23-27-46-44(30-35)41-19-9-10-20-45(41)51(46)47-21-11-12-22-49(47)54-50-28-25-38(32-48(50)51)53(36-16-5-2-6-17-36)37-24-26-40-39-18-8-7-15-34(39)29-42(43(40)31-37)33-13-3-1-4-14-33/h1-28,30-32,42H,29H2. The fourth-order valence-corrected chi connectivity index (χ4v) is 9.53. The van der Waals surface area contributed by atoms with Crippen LogP contribution in [0.1, 0.15) is 44.9 Å². The van der Waals surface area contributed by atoms with Crippen molar-refractivity contribution in [2.24, 2.45) is 0 Å². The van der Waals surface area contributed by atoms with Crippen molar-refractivity contribution in [3.05, 3.63) is 233 Å². The van der Waals surface area contributed by atoms with Crippen LogP contribution in [0, 0.1) is 5.82 Å². The van der Waals surface area contributed by atoms with Crippen molar-refractivity contribution >= 4 is 17.1 Å². The first-order valence-corrected chi connectivity index (χ1v) is 18.6. The molecule has 8 aromatic rings. The van der Waals surface area contributed by atoms with Crippen LogP contribution in [0.3, 0.4) is 0 Å². The number of benzene rings is 8. The van der Waals surface area contributed by atoms with Gasteiger partial charge in [-0.05, 0) is 117 Å². The number of ether oxygens (including phenoxy) is 1. The van der Waals surface area contributed by atoms with Gasteiger partial charge in [0.25, 0.3) is 0 Å². The molecule has 1 aliphatic heterocycles. The number of hydrogen-bond acceptors (Lipinski definition) is 2. The Morgan fingerprint density at radius 3 is 1.96 bits per heavy atom. The summed E-state index contributed by atoms with van der Waals surface area (Å²) < 4.78 is 21.8. The van der Waals surface area contributed by atoms with Crippen LogP contribution in [0.15, 0.2) is 188 Å². The first kappa shape index (κ1) is 30.9. The van der Waals surface area contributed by atoms with Gasteiger partial charge in [0.15, 0.2) is 0 Å². The summed E-state index contributed by atoms with van der Waals surface area (Å²) in [4.78, 5) is 2.36. The van der Waals surface area contributed by atoms with Crippen molar-refractivity contribution in [1.29, 1.82) is 0 Å². The normalized spacial score (nSPS) is 16.9. The summed E-state index contributed by atoms with van der Waals surface area (Å²) in [6.07, 6.45) is 0.944. The minimum absolute atomic E-state index is 0.220. The van der Waals surface area contributed by atoms with Crippen molar-refractivity contribution in [1.82, 2.24) is 0 Å². The summed E-state index contributed by atoms with van der Waals surface area (Å²) >= 11 is 0. The van der Waals surface area contributed by atoms with E-state index in [0.29, 0.717) is 0 Å². The zero-order valence-corrected chi connectivity index (χ0v) is 29.4. The predicted octanol–water partition coefficient (Wildman–Crippen LogP) is 13.1. The Hall–Kier alpha value is -6.71. The molecule has 0 N–H and O–H groups in total. The third kappa shape index (κ3) is 4.45. The van der Waals surface area contributed by atoms with Gasteiger partial charge in [-0.25, -0.2) is 4.39 Å². The number of halogens is 1. The fraction of sp³-hybridized carbons (Fsp3) is 0.0588. The number of anilines is 3. The van der Waals surface area contributed by atoms with Crippen LogP contribution < -0.4 is 9.64 Å². The van der Waals surface area contributed by atoms with E-state index in [2.05, 4.69) is 157 Å². The molecule has 3 heteroatoms. The van der Waals surface area contributed by atoms with E-state index in [0.717, 1.165) is 68.4 Å².